The summed E-state index contributed by atoms with van der Waals surface area (Å²) < 4.78 is 6.36. The van der Waals surface area contributed by atoms with Crippen molar-refractivity contribution < 1.29 is 4.42 Å². The molecular formula is C62H65BN2O. The van der Waals surface area contributed by atoms with E-state index in [0.717, 1.165) is 33.9 Å². The van der Waals surface area contributed by atoms with Crippen molar-refractivity contribution in [1.29, 1.82) is 0 Å². The lowest BCUT2D eigenvalue weighted by molar-refractivity contribution is 0.332. The molecule has 0 radical (unpaired) electrons. The Hall–Kier alpha value is -6.00. The Kier molecular flexibility index (Phi) is 9.21. The molecule has 1 aromatic heterocycles. The van der Waals surface area contributed by atoms with E-state index in [9.17, 15) is 0 Å². The second kappa shape index (κ2) is 14.3. The fraction of sp³-hybridized carbons (Fsp3) is 0.323. The molecule has 0 amide bonds. The molecule has 11 rings (SSSR count). The third-order valence-electron chi connectivity index (χ3n) is 15.6. The molecular weight excluding hydrogens is 800 g/mol. The van der Waals surface area contributed by atoms with E-state index in [-0.39, 0.29) is 33.8 Å². The predicted octanol–water partition coefficient (Wildman–Crippen LogP) is 15.6. The minimum Gasteiger partial charge on any atom is -0.456 e. The summed E-state index contributed by atoms with van der Waals surface area (Å²) in [4.78, 5) is 5.22. The van der Waals surface area contributed by atoms with Gasteiger partial charge in [0, 0.05) is 44.9 Å². The molecule has 0 N–H and O–H groups in total. The van der Waals surface area contributed by atoms with Crippen molar-refractivity contribution in [2.24, 2.45) is 0 Å². The summed E-state index contributed by atoms with van der Waals surface area (Å²) in [5.74, 6) is 0. The first-order valence-corrected chi connectivity index (χ1v) is 24.3. The monoisotopic (exact) mass is 865 g/mol. The summed E-state index contributed by atoms with van der Waals surface area (Å²) in [5, 5.41) is 2.31. The van der Waals surface area contributed by atoms with E-state index in [4.69, 9.17) is 4.42 Å². The van der Waals surface area contributed by atoms with E-state index < -0.39 is 0 Å². The number of furan rings is 1. The maximum atomic E-state index is 6.36. The Labute approximate surface area is 393 Å². The largest absolute Gasteiger partial charge is 0.456 e. The van der Waals surface area contributed by atoms with Crippen LogP contribution in [-0.4, -0.2) is 6.71 Å². The summed E-state index contributed by atoms with van der Waals surface area (Å²) in [6.07, 6.45) is 2.33. The highest BCUT2D eigenvalue weighted by molar-refractivity contribution is 7.00. The molecule has 3 nitrogen and oxygen atoms in total. The summed E-state index contributed by atoms with van der Waals surface area (Å²) in [5.41, 5.74) is 22.8. The van der Waals surface area contributed by atoms with Gasteiger partial charge in [0.15, 0.2) is 0 Å². The van der Waals surface area contributed by atoms with Gasteiger partial charge in [-0.05, 0) is 162 Å². The number of para-hydroxylation sites is 1. The van der Waals surface area contributed by atoms with Crippen molar-refractivity contribution in [2.45, 2.75) is 130 Å². The third-order valence-corrected chi connectivity index (χ3v) is 15.6. The number of anilines is 6. The Balaban J connectivity index is 1.19. The summed E-state index contributed by atoms with van der Waals surface area (Å²) in [6, 6.07) is 51.4. The van der Waals surface area contributed by atoms with Crippen molar-refractivity contribution in [2.75, 3.05) is 9.80 Å². The van der Waals surface area contributed by atoms with Gasteiger partial charge in [0.25, 0.3) is 6.71 Å². The molecule has 0 bridgehead atoms. The molecule has 332 valence electrons. The first-order chi connectivity index (χ1) is 31.1. The minimum atomic E-state index is -0.105. The van der Waals surface area contributed by atoms with Gasteiger partial charge in [0.1, 0.15) is 11.2 Å². The van der Waals surface area contributed by atoms with Crippen LogP contribution in [0.4, 0.5) is 34.1 Å². The van der Waals surface area contributed by atoms with Gasteiger partial charge in [0.05, 0.1) is 0 Å². The molecule has 1 aliphatic carbocycles. The highest BCUT2D eigenvalue weighted by atomic mass is 16.3. The van der Waals surface area contributed by atoms with Crippen LogP contribution in [0, 0.1) is 0 Å². The standard InChI is InChI=1S/C62H65BN2O/c1-58(2,3)40-21-26-44(27-22-40)64-51-29-23-41(59(4,5)6)33-49(51)63-50-36-47-48(62(12,13)31-30-61(47,10)11)37-52(50)65(54-35-42(60(7,8)9)34-53(64)57(54)63)43-24-18-38(19-25-43)39-20-28-46-45-16-14-15-17-55(45)66-56(46)32-39/h14-29,32-37H,30-31H2,1-13H3. The first-order valence-electron chi connectivity index (χ1n) is 24.3. The lowest BCUT2D eigenvalue weighted by Crippen LogP contribution is -2.62. The minimum absolute atomic E-state index is 0.0184. The van der Waals surface area contributed by atoms with Crippen LogP contribution in [0.5, 0.6) is 0 Å². The quantitative estimate of drug-likeness (QED) is 0.165. The Morgan fingerprint density at radius 1 is 0.439 bits per heavy atom. The van der Waals surface area contributed by atoms with Crippen LogP contribution in [0.25, 0.3) is 33.1 Å². The average molecular weight is 865 g/mol. The van der Waals surface area contributed by atoms with Crippen molar-refractivity contribution in [3.63, 3.8) is 0 Å². The Morgan fingerprint density at radius 2 is 0.955 bits per heavy atom. The Bertz CT molecular complexity index is 3250. The fourth-order valence-electron chi connectivity index (χ4n) is 11.3. The molecule has 3 heterocycles. The second-order valence-corrected chi connectivity index (χ2v) is 24.2. The zero-order chi connectivity index (χ0) is 46.5. The van der Waals surface area contributed by atoms with Crippen LogP contribution in [-0.2, 0) is 27.1 Å². The zero-order valence-electron chi connectivity index (χ0n) is 41.5. The van der Waals surface area contributed by atoms with Gasteiger partial charge < -0.3 is 14.2 Å². The van der Waals surface area contributed by atoms with Crippen molar-refractivity contribution >= 4 is 79.2 Å². The molecule has 7 aromatic carbocycles. The van der Waals surface area contributed by atoms with Crippen molar-refractivity contribution in [3.8, 4) is 11.1 Å². The summed E-state index contributed by atoms with van der Waals surface area (Å²) in [6.45, 7) is 31.0. The van der Waals surface area contributed by atoms with Crippen LogP contribution < -0.4 is 26.2 Å². The van der Waals surface area contributed by atoms with E-state index in [2.05, 4.69) is 227 Å². The molecule has 0 unspecified atom stereocenters. The molecule has 3 aliphatic rings. The average Bonchev–Trinajstić information content (AvgIpc) is 3.64. The molecule has 0 spiro atoms. The number of hydrogen-bond acceptors (Lipinski definition) is 3. The lowest BCUT2D eigenvalue weighted by Gasteiger charge is -2.48. The molecule has 66 heavy (non-hydrogen) atoms. The molecule has 0 atom stereocenters. The van der Waals surface area contributed by atoms with Gasteiger partial charge in [0.2, 0.25) is 0 Å². The SMILES string of the molecule is CC(C)(C)c1ccc(N2c3ccc(C(C)(C)C)cc3B3c4cc5c(cc4N(c4ccc(-c6ccc7c(c6)oc6ccccc67)cc4)c4cc(C(C)(C)C)cc2c43)C(C)(C)CCC5(C)C)cc1. The van der Waals surface area contributed by atoms with Crippen LogP contribution in [0.2, 0.25) is 0 Å². The topological polar surface area (TPSA) is 19.6 Å². The van der Waals surface area contributed by atoms with Gasteiger partial charge in [-0.1, -0.05) is 157 Å². The van der Waals surface area contributed by atoms with Gasteiger partial charge in [-0.25, -0.2) is 0 Å². The number of hydrogen-bond donors (Lipinski definition) is 0. The van der Waals surface area contributed by atoms with E-state index >= 15 is 0 Å². The normalized spacial score (nSPS) is 16.3. The summed E-state index contributed by atoms with van der Waals surface area (Å²) in [7, 11) is 0. The van der Waals surface area contributed by atoms with E-state index in [1.165, 1.54) is 90.3 Å². The number of benzene rings is 7. The predicted molar refractivity (Wildman–Crippen MR) is 285 cm³/mol. The van der Waals surface area contributed by atoms with E-state index in [0.29, 0.717) is 0 Å². The maximum Gasteiger partial charge on any atom is 0.252 e. The second-order valence-electron chi connectivity index (χ2n) is 24.2. The fourth-order valence-corrected chi connectivity index (χ4v) is 11.3. The zero-order valence-corrected chi connectivity index (χ0v) is 41.5. The van der Waals surface area contributed by atoms with Gasteiger partial charge in [-0.3, -0.25) is 0 Å². The number of nitrogens with zero attached hydrogens (tertiary/aromatic N) is 2. The van der Waals surface area contributed by atoms with Gasteiger partial charge >= 0.3 is 0 Å². The molecule has 0 saturated carbocycles. The van der Waals surface area contributed by atoms with Crippen LogP contribution in [0.15, 0.2) is 138 Å². The van der Waals surface area contributed by atoms with Crippen molar-refractivity contribution in [1.82, 2.24) is 0 Å². The van der Waals surface area contributed by atoms with E-state index in [1.54, 1.807) is 0 Å². The third kappa shape index (κ3) is 6.68. The molecule has 0 saturated heterocycles. The maximum absolute atomic E-state index is 6.36. The highest BCUT2D eigenvalue weighted by Crippen LogP contribution is 2.51. The number of fused-ring (bicyclic) bond motifs is 8. The van der Waals surface area contributed by atoms with Crippen molar-refractivity contribution in [3.05, 3.63) is 161 Å². The number of rotatable bonds is 3. The van der Waals surface area contributed by atoms with Crippen LogP contribution >= 0.6 is 0 Å². The Morgan fingerprint density at radius 3 is 1.58 bits per heavy atom. The van der Waals surface area contributed by atoms with E-state index in [1.807, 2.05) is 6.07 Å². The van der Waals surface area contributed by atoms with Crippen LogP contribution in [0.1, 0.15) is 131 Å². The van der Waals surface area contributed by atoms with Gasteiger partial charge in [-0.2, -0.15) is 0 Å². The first kappa shape index (κ1) is 42.6. The van der Waals surface area contributed by atoms with Crippen LogP contribution in [0.3, 0.4) is 0 Å². The molecule has 2 aliphatic heterocycles. The lowest BCUT2D eigenvalue weighted by atomic mass is 9.32. The highest BCUT2D eigenvalue weighted by Gasteiger charge is 2.47. The molecule has 0 fully saturated rings. The molecule has 4 heteroatoms. The van der Waals surface area contributed by atoms with Gasteiger partial charge in [-0.15, -0.1) is 0 Å². The molecule has 8 aromatic rings. The summed E-state index contributed by atoms with van der Waals surface area (Å²) >= 11 is 0. The smallest absolute Gasteiger partial charge is 0.252 e.